The lowest BCUT2D eigenvalue weighted by atomic mass is 10.1. The second-order valence-corrected chi connectivity index (χ2v) is 24.5. The van der Waals surface area contributed by atoms with E-state index in [2.05, 4.69) is 57.5 Å². The average molecular weight is 1190 g/mol. The molecule has 43 heteroatoms. The molecule has 0 amide bonds. The van der Waals surface area contributed by atoms with Crippen LogP contribution in [0.3, 0.4) is 0 Å². The van der Waals surface area contributed by atoms with Gasteiger partial charge in [-0.1, -0.05) is 16.8 Å². The standard InChI is InChI=1S/C34H46FN15O22P4S/c1-11(2)66-23-14(69-32(21(23)53)49-9-42-17-26(49)43-33(37)45-28(17)54)6-65-76(62,77)70-22-13(68-30(15(22)35)48-8-41-16-24(36)39-7-40-25(16)48)5-64-74(58,59)72-75(60,61)71-73(56,57)63-4-12-19(51)20(52)31(67-12)50-10-47(3)18-27(50)44-34(38)46-29(18)55/h7-15,19-23,30-32,51-53H,4-6H2,1-3H3,(H11-,36,37,38,39,40,43,44,45,46,54,55,56,57,58,59,60,61,62,77)/p-3/t12-,13-,14-,15?,19+,20?,21?,22+,23+,30-,31-,32-,76?/m1/s1. The lowest BCUT2D eigenvalue weighted by molar-refractivity contribution is -0.745. The molecule has 422 valence electrons. The second-order valence-electron chi connectivity index (χ2n) is 17.3. The number of imidazole rings is 3. The number of H-pyrrole nitrogens is 2. The molecule has 0 spiro atoms. The molecule has 0 bridgehead atoms. The van der Waals surface area contributed by atoms with Crippen LogP contribution in [0.4, 0.5) is 22.1 Å². The zero-order valence-corrected chi connectivity index (χ0v) is 43.7. The Labute approximate surface area is 432 Å². The Kier molecular flexibility index (Phi) is 15.8. The number of fused-ring (bicyclic) bond motifs is 3. The number of hydrogen-bond acceptors (Lipinski definition) is 32. The molecule has 11 N–H and O–H groups in total. The topological polar surface area (TPSA) is 536 Å². The predicted octanol–water partition coefficient (Wildman–Crippen LogP) is -5.37. The third-order valence-electron chi connectivity index (χ3n) is 11.6. The number of alkyl halides is 1. The van der Waals surface area contributed by atoms with Crippen LogP contribution in [-0.2, 0) is 78.2 Å². The first-order chi connectivity index (χ1) is 36.0. The Morgan fingerprint density at radius 2 is 1.35 bits per heavy atom. The van der Waals surface area contributed by atoms with Gasteiger partial charge in [0.2, 0.25) is 17.7 Å². The molecule has 6 aromatic heterocycles. The number of nitrogen functional groups attached to an aromatic ring is 3. The number of aryl methyl sites for hydroxylation is 1. The summed E-state index contributed by atoms with van der Waals surface area (Å²) in [5.41, 5.74) is 15.2. The molecule has 77 heavy (non-hydrogen) atoms. The van der Waals surface area contributed by atoms with E-state index in [1.165, 1.54) is 22.5 Å². The summed E-state index contributed by atoms with van der Waals surface area (Å²) in [5.74, 6) is -0.781. The van der Waals surface area contributed by atoms with Crippen LogP contribution in [0.25, 0.3) is 33.5 Å². The van der Waals surface area contributed by atoms with Crippen LogP contribution in [0.1, 0.15) is 32.5 Å². The second kappa shape index (κ2) is 21.4. The fourth-order valence-electron chi connectivity index (χ4n) is 8.46. The van der Waals surface area contributed by atoms with Crippen molar-refractivity contribution in [3.05, 3.63) is 46.0 Å². The first-order valence-electron chi connectivity index (χ1n) is 22.0. The van der Waals surface area contributed by atoms with Gasteiger partial charge in [0.25, 0.3) is 40.5 Å². The van der Waals surface area contributed by atoms with Crippen molar-refractivity contribution in [3.63, 3.8) is 0 Å². The molecule has 16 atom stereocenters. The molecule has 37 nitrogen and oxygen atoms in total. The maximum absolute atomic E-state index is 16.7. The molecule has 3 saturated heterocycles. The van der Waals surface area contributed by atoms with Gasteiger partial charge in [-0.3, -0.25) is 47.0 Å². The van der Waals surface area contributed by atoms with Crippen LogP contribution in [0.5, 0.6) is 0 Å². The highest BCUT2D eigenvalue weighted by Gasteiger charge is 2.51. The number of rotatable bonds is 20. The fourth-order valence-corrected chi connectivity index (χ4v) is 13.3. The number of nitrogens with zero attached hydrogens (tertiary/aromatic N) is 10. The number of aliphatic hydroxyl groups is 3. The zero-order chi connectivity index (χ0) is 55.8. The summed E-state index contributed by atoms with van der Waals surface area (Å²) < 4.78 is 111. The van der Waals surface area contributed by atoms with E-state index in [9.17, 15) is 58.2 Å². The summed E-state index contributed by atoms with van der Waals surface area (Å²) >= 11 is 5.11. The summed E-state index contributed by atoms with van der Waals surface area (Å²) in [6.07, 6.45) is -17.6. The predicted molar refractivity (Wildman–Crippen MR) is 245 cm³/mol. The van der Waals surface area contributed by atoms with Crippen molar-refractivity contribution < 1.29 is 103 Å². The number of nitrogens with one attached hydrogen (secondary N) is 2. The van der Waals surface area contributed by atoms with E-state index in [0.717, 1.165) is 28.1 Å². The van der Waals surface area contributed by atoms with E-state index in [1.807, 2.05) is 0 Å². The smallest absolute Gasteiger partial charge is 0.313 e. The number of aliphatic hydroxyl groups excluding tert-OH is 3. The monoisotopic (exact) mass is 1190 g/mol. The number of hydrogen-bond donors (Lipinski definition) is 8. The van der Waals surface area contributed by atoms with Gasteiger partial charge in [0.15, 0.2) is 47.6 Å². The molecule has 3 aliphatic heterocycles. The van der Waals surface area contributed by atoms with E-state index < -0.39 is 141 Å². The van der Waals surface area contributed by atoms with E-state index in [0.29, 0.717) is 0 Å². The lowest BCUT2D eigenvalue weighted by Crippen LogP contribution is -2.46. The number of halogens is 1. The van der Waals surface area contributed by atoms with Crippen LogP contribution >= 0.6 is 30.2 Å². The zero-order valence-electron chi connectivity index (χ0n) is 39.3. The molecule has 3 aliphatic rings. The number of aromatic amines is 2. The molecule has 0 aromatic carbocycles. The van der Waals surface area contributed by atoms with Crippen molar-refractivity contribution in [1.29, 1.82) is 0 Å². The first kappa shape index (κ1) is 56.9. The van der Waals surface area contributed by atoms with Crippen molar-refractivity contribution >= 4 is 93.2 Å². The van der Waals surface area contributed by atoms with Crippen LogP contribution < -0.4 is 52.5 Å². The lowest BCUT2D eigenvalue weighted by Gasteiger charge is -2.36. The van der Waals surface area contributed by atoms with Gasteiger partial charge >= 0.3 is 5.65 Å². The minimum absolute atomic E-state index is 0.0481. The maximum atomic E-state index is 16.7. The van der Waals surface area contributed by atoms with Gasteiger partial charge in [-0.2, -0.15) is 4.98 Å². The Morgan fingerprint density at radius 1 is 0.766 bits per heavy atom. The maximum Gasteiger partial charge on any atom is 0.313 e. The van der Waals surface area contributed by atoms with Crippen LogP contribution in [0, 0.1) is 0 Å². The van der Waals surface area contributed by atoms with Crippen molar-refractivity contribution in [2.75, 3.05) is 37.0 Å². The largest absolute Gasteiger partial charge is 0.780 e. The van der Waals surface area contributed by atoms with E-state index in [4.69, 9.17) is 57.0 Å². The Hall–Kier alpha value is -4.76. The van der Waals surface area contributed by atoms with Gasteiger partial charge in [0, 0.05) is 0 Å². The molecular weight excluding hydrogens is 1150 g/mol. The minimum atomic E-state index is -6.60. The van der Waals surface area contributed by atoms with Gasteiger partial charge < -0.3 is 89.1 Å². The first-order valence-corrected chi connectivity index (χ1v) is 29.0. The number of aromatic nitrogens is 12. The Bertz CT molecular complexity index is 3540. The summed E-state index contributed by atoms with van der Waals surface area (Å²) in [7, 11) is -17.7. The van der Waals surface area contributed by atoms with Crippen LogP contribution in [-0.4, -0.2) is 150 Å². The number of nitrogens with two attached hydrogens (primary N) is 3. The molecular formula is C34H43FN15O22P4S-3. The molecule has 3 fully saturated rings. The molecule has 0 aliphatic carbocycles. The number of anilines is 3. The van der Waals surface area contributed by atoms with Gasteiger partial charge in [-0.05, 0) is 13.8 Å². The third kappa shape index (κ3) is 11.8. The van der Waals surface area contributed by atoms with Crippen molar-refractivity contribution in [3.8, 4) is 0 Å². The van der Waals surface area contributed by atoms with Crippen molar-refractivity contribution in [2.45, 2.75) is 93.6 Å². The SMILES string of the molecule is CC(C)O[C@@H]1C(O)[C@H](n2cnc3c(=O)[nH]c(N)nc32)O[C@@H]1COP([O-])(=S)O[C@@H]1C(F)[C@H](n2cnc3c(N)ncnc32)O[C@@H]1COP(=O)([O-])OP(=O)([O-])OP(=O)([O-])OC[C@H]1O[C@@H]([n+]2cn(C)c3c(=O)[nH]c(N)nc32)C(O)[C@H]1O. The Balaban J connectivity index is 0.867. The summed E-state index contributed by atoms with van der Waals surface area (Å²) in [6.45, 7) is -5.32. The Morgan fingerprint density at radius 3 is 2.03 bits per heavy atom. The summed E-state index contributed by atoms with van der Waals surface area (Å²) in [5, 5.41) is 32.8. The highest BCUT2D eigenvalue weighted by Crippen LogP contribution is 2.63. The van der Waals surface area contributed by atoms with E-state index in [1.54, 1.807) is 13.8 Å². The quantitative estimate of drug-likeness (QED) is 0.0261. The average Bonchev–Trinajstić information content (AvgIpc) is 4.21. The number of phosphoric acid groups is 3. The highest BCUT2D eigenvalue weighted by molar-refractivity contribution is 8.06. The van der Waals surface area contributed by atoms with Gasteiger partial charge in [0.1, 0.15) is 67.4 Å². The molecule has 0 radical (unpaired) electrons. The van der Waals surface area contributed by atoms with Crippen LogP contribution in [0.2, 0.25) is 0 Å². The van der Waals surface area contributed by atoms with Crippen molar-refractivity contribution in [1.82, 2.24) is 53.6 Å². The minimum Gasteiger partial charge on any atom is -0.780 e. The molecule has 7 unspecified atom stereocenters. The van der Waals surface area contributed by atoms with E-state index >= 15 is 4.39 Å². The summed E-state index contributed by atoms with van der Waals surface area (Å²) in [6, 6.07) is 0. The number of phosphoric ester groups is 2. The third-order valence-corrected chi connectivity index (χ3v) is 17.3. The summed E-state index contributed by atoms with van der Waals surface area (Å²) in [4.78, 5) is 106. The highest BCUT2D eigenvalue weighted by atomic mass is 32.5. The normalized spacial score (nSPS) is 30.1. The van der Waals surface area contributed by atoms with Gasteiger partial charge in [-0.25, -0.2) is 37.5 Å². The molecule has 9 heterocycles. The molecule has 0 saturated carbocycles. The van der Waals surface area contributed by atoms with Crippen LogP contribution in [0.15, 0.2) is 34.9 Å². The number of ether oxygens (including phenoxy) is 4. The molecule has 9 rings (SSSR count). The van der Waals surface area contributed by atoms with Gasteiger partial charge in [-0.15, -0.1) is 0 Å². The van der Waals surface area contributed by atoms with Crippen molar-refractivity contribution in [2.24, 2.45) is 7.05 Å². The molecule has 6 aromatic rings. The van der Waals surface area contributed by atoms with E-state index in [-0.39, 0.29) is 51.2 Å². The van der Waals surface area contributed by atoms with Gasteiger partial charge in [0.05, 0.1) is 45.6 Å². The fraction of sp³-hybridized carbons (Fsp3) is 0.559.